The normalized spacial score (nSPS) is 12.3. The molecule has 39 heavy (non-hydrogen) atoms. The van der Waals surface area contributed by atoms with Gasteiger partial charge in [0.05, 0.1) is 10.6 Å². The molecule has 2 aromatic carbocycles. The molecule has 1 heterocycles. The Kier molecular flexibility index (Phi) is 11.3. The Morgan fingerprint density at radius 3 is 2.10 bits per heavy atom. The number of benzene rings is 2. The molecule has 0 bridgehead atoms. The number of hydrazone groups is 1. The van der Waals surface area contributed by atoms with Crippen LogP contribution in [0, 0.1) is 0 Å². The predicted molar refractivity (Wildman–Crippen MR) is 152 cm³/mol. The minimum absolute atomic E-state index is 0.0219. The van der Waals surface area contributed by atoms with E-state index in [4.69, 9.17) is 25.8 Å². The van der Waals surface area contributed by atoms with Crippen LogP contribution in [0.3, 0.4) is 0 Å². The summed E-state index contributed by atoms with van der Waals surface area (Å²) >= 11 is 6.42. The summed E-state index contributed by atoms with van der Waals surface area (Å²) in [6.45, 7) is 6.11. The zero-order valence-electron chi connectivity index (χ0n) is 23.2. The Hall–Kier alpha value is -3.39. The predicted octanol–water partition coefficient (Wildman–Crippen LogP) is 7.37. The van der Waals surface area contributed by atoms with Gasteiger partial charge in [-0.15, -0.1) is 5.10 Å². The molecule has 8 nitrogen and oxygen atoms in total. The van der Waals surface area contributed by atoms with E-state index in [0.717, 1.165) is 25.7 Å². The summed E-state index contributed by atoms with van der Waals surface area (Å²) in [7, 11) is 0. The highest BCUT2D eigenvalue weighted by molar-refractivity contribution is 6.34. The summed E-state index contributed by atoms with van der Waals surface area (Å²) in [5.74, 6) is -0.993. The van der Waals surface area contributed by atoms with E-state index in [1.165, 1.54) is 64.0 Å². The van der Waals surface area contributed by atoms with E-state index in [-0.39, 0.29) is 29.0 Å². The third kappa shape index (κ3) is 8.30. The van der Waals surface area contributed by atoms with E-state index in [1.54, 1.807) is 24.3 Å². The van der Waals surface area contributed by atoms with E-state index in [1.807, 2.05) is 0 Å². The Balaban J connectivity index is 1.98. The first-order valence-corrected chi connectivity index (χ1v) is 14.0. The number of anilines is 1. The maximum Gasteiger partial charge on any atom is 0.308 e. The molecule has 0 saturated heterocycles. The van der Waals surface area contributed by atoms with Crippen LogP contribution in [-0.2, 0) is 20.8 Å². The number of nitrogens with zero attached hydrogens (tertiary/aromatic N) is 2. The molecule has 0 spiro atoms. The van der Waals surface area contributed by atoms with Gasteiger partial charge in [-0.1, -0.05) is 82.0 Å². The van der Waals surface area contributed by atoms with Gasteiger partial charge in [-0.05, 0) is 25.0 Å². The van der Waals surface area contributed by atoms with Crippen LogP contribution in [0.5, 0.6) is 17.2 Å². The average Bonchev–Trinajstić information content (AvgIpc) is 2.88. The number of carbonyl (C=O) groups excluding carboxylic acids is 3. The standard InChI is InChI=1S/C30H37ClN2O6/c1-5-6-7-8-9-10-11-12-13-17-24-28-26(19-27(37-21(3)35)29(24)38-22(4)36)33(20(2)34)32-30(39-28)23-16-14-15-18-25(23)31/h14-16,18-19H,5-13,17H2,1-4H3. The summed E-state index contributed by atoms with van der Waals surface area (Å²) in [4.78, 5) is 36.7. The summed E-state index contributed by atoms with van der Waals surface area (Å²) in [5.41, 5.74) is 1.31. The molecule has 2 aromatic rings. The lowest BCUT2D eigenvalue weighted by molar-refractivity contribution is -0.134. The second kappa shape index (κ2) is 14.7. The average molecular weight is 557 g/mol. The van der Waals surface area contributed by atoms with Gasteiger partial charge in [-0.3, -0.25) is 14.4 Å². The van der Waals surface area contributed by atoms with Crippen molar-refractivity contribution in [1.82, 2.24) is 0 Å². The van der Waals surface area contributed by atoms with Crippen LogP contribution in [-0.4, -0.2) is 23.7 Å². The minimum atomic E-state index is -0.594. The molecule has 0 unspecified atom stereocenters. The topological polar surface area (TPSA) is 94.5 Å². The number of carbonyl (C=O) groups is 3. The quantitative estimate of drug-likeness (QED) is 0.145. The molecule has 210 valence electrons. The van der Waals surface area contributed by atoms with Gasteiger partial charge in [0, 0.05) is 32.4 Å². The van der Waals surface area contributed by atoms with Crippen LogP contribution in [0.15, 0.2) is 35.4 Å². The number of hydrogen-bond acceptors (Lipinski definition) is 7. The Morgan fingerprint density at radius 1 is 0.897 bits per heavy atom. The molecule has 0 fully saturated rings. The van der Waals surface area contributed by atoms with E-state index in [2.05, 4.69) is 12.0 Å². The minimum Gasteiger partial charge on any atom is -0.434 e. The van der Waals surface area contributed by atoms with Crippen molar-refractivity contribution in [2.75, 3.05) is 5.01 Å². The number of halogens is 1. The Bertz CT molecular complexity index is 1230. The van der Waals surface area contributed by atoms with Crippen molar-refractivity contribution in [2.45, 2.75) is 91.9 Å². The lowest BCUT2D eigenvalue weighted by Gasteiger charge is -2.29. The molecule has 1 aliphatic heterocycles. The van der Waals surface area contributed by atoms with Crippen LogP contribution in [0.1, 0.15) is 96.6 Å². The number of fused-ring (bicyclic) bond motifs is 1. The van der Waals surface area contributed by atoms with Crippen molar-refractivity contribution < 1.29 is 28.6 Å². The fourth-order valence-electron chi connectivity index (χ4n) is 4.50. The molecule has 0 aliphatic carbocycles. The first-order valence-electron chi connectivity index (χ1n) is 13.6. The molecule has 0 radical (unpaired) electrons. The van der Waals surface area contributed by atoms with Crippen molar-refractivity contribution >= 4 is 41.0 Å². The third-order valence-corrected chi connectivity index (χ3v) is 6.65. The number of unbranched alkanes of at least 4 members (excludes halogenated alkanes) is 8. The highest BCUT2D eigenvalue weighted by Gasteiger charge is 2.33. The lowest BCUT2D eigenvalue weighted by Crippen LogP contribution is -2.32. The lowest BCUT2D eigenvalue weighted by atomic mass is 10.0. The van der Waals surface area contributed by atoms with Gasteiger partial charge in [0.25, 0.3) is 0 Å². The number of amides is 1. The van der Waals surface area contributed by atoms with Gasteiger partial charge in [-0.2, -0.15) is 5.01 Å². The second-order valence-corrected chi connectivity index (χ2v) is 10.0. The Labute approximate surface area is 235 Å². The number of hydrogen-bond donors (Lipinski definition) is 0. The van der Waals surface area contributed by atoms with Crippen LogP contribution in [0.2, 0.25) is 5.02 Å². The fourth-order valence-corrected chi connectivity index (χ4v) is 4.72. The first kappa shape index (κ1) is 30.2. The third-order valence-electron chi connectivity index (χ3n) is 6.32. The van der Waals surface area contributed by atoms with Crippen molar-refractivity contribution in [3.05, 3.63) is 46.5 Å². The highest BCUT2D eigenvalue weighted by atomic mass is 35.5. The number of rotatable bonds is 13. The SMILES string of the molecule is CCCCCCCCCCCc1c(OC(C)=O)c(OC(C)=O)cc2c1OC(c1ccccc1Cl)=NN2C(C)=O. The second-order valence-electron chi connectivity index (χ2n) is 9.61. The van der Waals surface area contributed by atoms with E-state index < -0.39 is 11.9 Å². The molecule has 0 atom stereocenters. The fraction of sp³-hybridized carbons (Fsp3) is 0.467. The molecular formula is C30H37ClN2O6. The maximum absolute atomic E-state index is 12.7. The summed E-state index contributed by atoms with van der Waals surface area (Å²) < 4.78 is 17.3. The van der Waals surface area contributed by atoms with Gasteiger partial charge in [-0.25, -0.2) is 0 Å². The van der Waals surface area contributed by atoms with Gasteiger partial charge >= 0.3 is 11.9 Å². The largest absolute Gasteiger partial charge is 0.434 e. The van der Waals surface area contributed by atoms with Gasteiger partial charge in [0.1, 0.15) is 5.69 Å². The van der Waals surface area contributed by atoms with E-state index in [0.29, 0.717) is 28.3 Å². The number of esters is 2. The summed E-state index contributed by atoms with van der Waals surface area (Å²) in [6, 6.07) is 8.45. The van der Waals surface area contributed by atoms with Crippen LogP contribution in [0.25, 0.3) is 0 Å². The zero-order valence-corrected chi connectivity index (χ0v) is 23.9. The maximum atomic E-state index is 12.7. The Morgan fingerprint density at radius 2 is 1.51 bits per heavy atom. The van der Waals surface area contributed by atoms with Crippen molar-refractivity contribution in [1.29, 1.82) is 0 Å². The van der Waals surface area contributed by atoms with Crippen LogP contribution >= 0.6 is 11.6 Å². The first-order chi connectivity index (χ1) is 18.7. The molecule has 9 heteroatoms. The van der Waals surface area contributed by atoms with Gasteiger partial charge in [0.15, 0.2) is 17.2 Å². The van der Waals surface area contributed by atoms with E-state index in [9.17, 15) is 14.4 Å². The van der Waals surface area contributed by atoms with Crippen molar-refractivity contribution in [3.63, 3.8) is 0 Å². The smallest absolute Gasteiger partial charge is 0.308 e. The zero-order chi connectivity index (χ0) is 28.4. The molecule has 0 saturated carbocycles. The molecular weight excluding hydrogens is 520 g/mol. The van der Waals surface area contributed by atoms with Crippen LogP contribution < -0.4 is 19.2 Å². The summed E-state index contributed by atoms with van der Waals surface area (Å²) in [6.07, 6.45) is 10.7. The van der Waals surface area contributed by atoms with Crippen molar-refractivity contribution in [3.8, 4) is 17.2 Å². The monoisotopic (exact) mass is 556 g/mol. The van der Waals surface area contributed by atoms with Crippen LogP contribution in [0.4, 0.5) is 5.69 Å². The number of ether oxygens (including phenoxy) is 3. The highest BCUT2D eigenvalue weighted by Crippen LogP contribution is 2.48. The van der Waals surface area contributed by atoms with Crippen molar-refractivity contribution in [2.24, 2.45) is 5.10 Å². The van der Waals surface area contributed by atoms with Gasteiger partial charge < -0.3 is 14.2 Å². The van der Waals surface area contributed by atoms with E-state index >= 15 is 0 Å². The molecule has 0 N–H and O–H groups in total. The summed E-state index contributed by atoms with van der Waals surface area (Å²) in [5, 5.41) is 5.99. The molecule has 0 aromatic heterocycles. The molecule has 1 amide bonds. The van der Waals surface area contributed by atoms with Gasteiger partial charge in [0.2, 0.25) is 11.8 Å². The molecule has 1 aliphatic rings. The molecule has 3 rings (SSSR count).